The lowest BCUT2D eigenvalue weighted by Crippen LogP contribution is -2.43. The van der Waals surface area contributed by atoms with E-state index in [-0.39, 0.29) is 17.7 Å². The van der Waals surface area contributed by atoms with Gasteiger partial charge in [0.25, 0.3) is 11.8 Å². The van der Waals surface area contributed by atoms with Crippen LogP contribution < -0.4 is 4.90 Å². The number of hydrogen-bond donors (Lipinski definition) is 1. The number of amides is 2. The standard InChI is InChI=1S/C26H28N4O3/c1-29(20-10-3-2-4-11-20)25(31)22-16-27-28-23(22)19-9-7-14-30(17-19)26(32)24-21-12-6-5-8-18(21)13-15-33-24/h2-6,8,10-12,16,19,24H,7,9,13-15,17H2,1H3,(H,27,28)/t19-,24-/m0/s1. The van der Waals surface area contributed by atoms with Crippen molar-refractivity contribution < 1.29 is 14.3 Å². The molecule has 2 amide bonds. The molecule has 7 nitrogen and oxygen atoms in total. The summed E-state index contributed by atoms with van der Waals surface area (Å²) in [7, 11) is 1.77. The summed E-state index contributed by atoms with van der Waals surface area (Å²) < 4.78 is 5.92. The highest BCUT2D eigenvalue weighted by Crippen LogP contribution is 2.33. The number of aromatic amines is 1. The molecule has 1 aromatic heterocycles. The predicted molar refractivity (Wildman–Crippen MR) is 125 cm³/mol. The summed E-state index contributed by atoms with van der Waals surface area (Å²) in [4.78, 5) is 30.2. The van der Waals surface area contributed by atoms with Gasteiger partial charge in [-0.15, -0.1) is 0 Å². The molecule has 33 heavy (non-hydrogen) atoms. The molecule has 0 unspecified atom stereocenters. The molecule has 2 atom stereocenters. The fraction of sp³-hybridized carbons (Fsp3) is 0.346. The van der Waals surface area contributed by atoms with Crippen molar-refractivity contribution in [1.29, 1.82) is 0 Å². The second-order valence-electron chi connectivity index (χ2n) is 8.72. The van der Waals surface area contributed by atoms with Crippen molar-refractivity contribution >= 4 is 17.5 Å². The first-order valence-electron chi connectivity index (χ1n) is 11.5. The third kappa shape index (κ3) is 4.16. The Kier molecular flexibility index (Phi) is 5.96. The van der Waals surface area contributed by atoms with Gasteiger partial charge in [0, 0.05) is 31.7 Å². The molecule has 1 fully saturated rings. The van der Waals surface area contributed by atoms with Crippen molar-refractivity contribution in [3.05, 3.63) is 83.2 Å². The van der Waals surface area contributed by atoms with Crippen LogP contribution >= 0.6 is 0 Å². The Hall–Kier alpha value is -3.45. The maximum atomic E-state index is 13.4. The second-order valence-corrected chi connectivity index (χ2v) is 8.72. The van der Waals surface area contributed by atoms with Crippen molar-refractivity contribution in [3.63, 3.8) is 0 Å². The largest absolute Gasteiger partial charge is 0.363 e. The van der Waals surface area contributed by atoms with E-state index in [1.807, 2.05) is 53.4 Å². The van der Waals surface area contributed by atoms with Crippen molar-refractivity contribution in [3.8, 4) is 0 Å². The number of aromatic nitrogens is 2. The molecular weight excluding hydrogens is 416 g/mol. The zero-order valence-electron chi connectivity index (χ0n) is 18.7. The van der Waals surface area contributed by atoms with Crippen LogP contribution in [0.4, 0.5) is 5.69 Å². The van der Waals surface area contributed by atoms with Gasteiger partial charge in [0.1, 0.15) is 0 Å². The molecule has 2 aliphatic rings. The summed E-state index contributed by atoms with van der Waals surface area (Å²) in [5.74, 6) is -0.0919. The lowest BCUT2D eigenvalue weighted by molar-refractivity contribution is -0.146. The number of nitrogens with zero attached hydrogens (tertiary/aromatic N) is 3. The predicted octanol–water partition coefficient (Wildman–Crippen LogP) is 3.71. The topological polar surface area (TPSA) is 78.5 Å². The van der Waals surface area contributed by atoms with Crippen LogP contribution in [0.1, 0.15) is 52.0 Å². The Bertz CT molecular complexity index is 1140. The number of ether oxygens (including phenoxy) is 1. The fourth-order valence-corrected chi connectivity index (χ4v) is 4.90. The minimum atomic E-state index is -0.555. The molecular formula is C26H28N4O3. The van der Waals surface area contributed by atoms with Gasteiger partial charge in [-0.2, -0.15) is 5.10 Å². The number of hydrogen-bond acceptors (Lipinski definition) is 4. The number of piperidine rings is 1. The highest BCUT2D eigenvalue weighted by molar-refractivity contribution is 6.06. The van der Waals surface area contributed by atoms with Crippen LogP contribution in [-0.2, 0) is 16.0 Å². The molecule has 7 heteroatoms. The summed E-state index contributed by atoms with van der Waals surface area (Å²) >= 11 is 0. The normalized spacial score (nSPS) is 20.2. The van der Waals surface area contributed by atoms with E-state index in [0.717, 1.165) is 36.2 Å². The average Bonchev–Trinajstić information content (AvgIpc) is 3.38. The number of H-pyrrole nitrogens is 1. The van der Waals surface area contributed by atoms with Crippen molar-refractivity contribution in [1.82, 2.24) is 15.1 Å². The number of anilines is 1. The first-order chi connectivity index (χ1) is 16.1. The number of para-hydroxylation sites is 1. The molecule has 170 valence electrons. The van der Waals surface area contributed by atoms with Gasteiger partial charge < -0.3 is 14.5 Å². The van der Waals surface area contributed by atoms with Gasteiger partial charge in [0.2, 0.25) is 0 Å². The Morgan fingerprint density at radius 2 is 1.91 bits per heavy atom. The Morgan fingerprint density at radius 1 is 1.12 bits per heavy atom. The van der Waals surface area contributed by atoms with Crippen LogP contribution in [-0.4, -0.2) is 53.7 Å². The van der Waals surface area contributed by atoms with E-state index >= 15 is 0 Å². The fourth-order valence-electron chi connectivity index (χ4n) is 4.90. The zero-order valence-corrected chi connectivity index (χ0v) is 18.7. The van der Waals surface area contributed by atoms with E-state index in [4.69, 9.17) is 4.74 Å². The molecule has 2 aliphatic heterocycles. The quantitative estimate of drug-likeness (QED) is 0.666. The molecule has 0 bridgehead atoms. The number of carbonyl (C=O) groups is 2. The average molecular weight is 445 g/mol. The van der Waals surface area contributed by atoms with Crippen molar-refractivity contribution in [2.24, 2.45) is 0 Å². The molecule has 3 aromatic rings. The molecule has 5 rings (SSSR count). The van der Waals surface area contributed by atoms with Gasteiger partial charge in [-0.3, -0.25) is 14.7 Å². The third-order valence-corrected chi connectivity index (χ3v) is 6.71. The first-order valence-corrected chi connectivity index (χ1v) is 11.5. The van der Waals surface area contributed by atoms with E-state index in [1.54, 1.807) is 18.1 Å². The molecule has 3 heterocycles. The maximum Gasteiger partial charge on any atom is 0.261 e. The summed E-state index contributed by atoms with van der Waals surface area (Å²) in [6.45, 7) is 1.78. The van der Waals surface area contributed by atoms with Gasteiger partial charge in [0.15, 0.2) is 6.10 Å². The molecule has 1 saturated heterocycles. The van der Waals surface area contributed by atoms with E-state index in [2.05, 4.69) is 16.3 Å². The highest BCUT2D eigenvalue weighted by Gasteiger charge is 2.35. The van der Waals surface area contributed by atoms with E-state index in [0.29, 0.717) is 25.3 Å². The lowest BCUT2D eigenvalue weighted by atomic mass is 9.91. The van der Waals surface area contributed by atoms with Crippen molar-refractivity contribution in [2.45, 2.75) is 31.3 Å². The molecule has 0 aliphatic carbocycles. The third-order valence-electron chi connectivity index (χ3n) is 6.71. The van der Waals surface area contributed by atoms with Crippen LogP contribution in [0, 0.1) is 0 Å². The minimum Gasteiger partial charge on any atom is -0.363 e. The Balaban J connectivity index is 1.34. The van der Waals surface area contributed by atoms with Gasteiger partial charge >= 0.3 is 0 Å². The summed E-state index contributed by atoms with van der Waals surface area (Å²) in [6, 6.07) is 17.6. The van der Waals surface area contributed by atoms with Gasteiger partial charge in [0.05, 0.1) is 24.1 Å². The molecule has 1 N–H and O–H groups in total. The number of nitrogens with one attached hydrogen (secondary N) is 1. The van der Waals surface area contributed by atoms with Crippen LogP contribution in [0.15, 0.2) is 60.8 Å². The van der Waals surface area contributed by atoms with Crippen molar-refractivity contribution in [2.75, 3.05) is 31.6 Å². The van der Waals surface area contributed by atoms with Gasteiger partial charge in [-0.1, -0.05) is 42.5 Å². The molecule has 0 spiro atoms. The van der Waals surface area contributed by atoms with E-state index in [1.165, 1.54) is 5.56 Å². The SMILES string of the molecule is CN(C(=O)c1cn[nH]c1[C@H]1CCCN(C(=O)[C@H]2OCCc3ccccc32)C1)c1ccccc1. The van der Waals surface area contributed by atoms with E-state index in [9.17, 15) is 9.59 Å². The number of likely N-dealkylation sites (tertiary alicyclic amines) is 1. The van der Waals surface area contributed by atoms with Gasteiger partial charge in [-0.05, 0) is 42.5 Å². The molecule has 0 radical (unpaired) electrons. The van der Waals surface area contributed by atoms with Crippen LogP contribution in [0.3, 0.4) is 0 Å². The molecule has 0 saturated carbocycles. The van der Waals surface area contributed by atoms with Crippen LogP contribution in [0.5, 0.6) is 0 Å². The zero-order chi connectivity index (χ0) is 22.8. The van der Waals surface area contributed by atoms with Gasteiger partial charge in [-0.25, -0.2) is 0 Å². The van der Waals surface area contributed by atoms with Crippen LogP contribution in [0.25, 0.3) is 0 Å². The number of carbonyl (C=O) groups excluding carboxylic acids is 2. The summed E-state index contributed by atoms with van der Waals surface area (Å²) in [5.41, 5.74) is 4.33. The molecule has 2 aromatic carbocycles. The Labute approximate surface area is 193 Å². The number of rotatable bonds is 4. The minimum absolute atomic E-state index is 0.000598. The number of benzene rings is 2. The van der Waals surface area contributed by atoms with E-state index < -0.39 is 6.10 Å². The number of fused-ring (bicyclic) bond motifs is 1. The maximum absolute atomic E-state index is 13.4. The smallest absolute Gasteiger partial charge is 0.261 e. The second kappa shape index (κ2) is 9.19. The lowest BCUT2D eigenvalue weighted by Gasteiger charge is -2.36. The Morgan fingerprint density at radius 3 is 2.76 bits per heavy atom. The highest BCUT2D eigenvalue weighted by atomic mass is 16.5. The van der Waals surface area contributed by atoms with Crippen LogP contribution in [0.2, 0.25) is 0 Å². The summed E-state index contributed by atoms with van der Waals surface area (Å²) in [5, 5.41) is 7.23. The first kappa shape index (κ1) is 21.4. The summed E-state index contributed by atoms with van der Waals surface area (Å²) in [6.07, 6.45) is 3.63. The monoisotopic (exact) mass is 444 g/mol.